The standard InChI is InChI=1S/C21H21FN2O2S2/c1-11-8-9-14-17(10-11)28-19-18(14)20(26)24(16-7-5-4-6-15(16)22)21(23-19)27-13(3)12(2)25/h4-7,11,13H,8-10H2,1-3H3. The molecule has 0 radical (unpaired) electrons. The molecule has 2 aromatic heterocycles. The van der Waals surface area contributed by atoms with Gasteiger partial charge in [0, 0.05) is 4.88 Å². The number of ketones is 1. The molecule has 1 aliphatic carbocycles. The van der Waals surface area contributed by atoms with Crippen molar-refractivity contribution >= 4 is 39.1 Å². The van der Waals surface area contributed by atoms with E-state index in [-0.39, 0.29) is 22.3 Å². The molecule has 0 saturated heterocycles. The first kappa shape index (κ1) is 19.3. The zero-order chi connectivity index (χ0) is 20.0. The van der Waals surface area contributed by atoms with Gasteiger partial charge < -0.3 is 0 Å². The van der Waals surface area contributed by atoms with Gasteiger partial charge in [0.2, 0.25) is 0 Å². The Morgan fingerprint density at radius 3 is 2.86 bits per heavy atom. The summed E-state index contributed by atoms with van der Waals surface area (Å²) >= 11 is 2.76. The number of benzene rings is 1. The lowest BCUT2D eigenvalue weighted by atomic mass is 9.89. The number of nitrogens with zero attached hydrogens (tertiary/aromatic N) is 2. The van der Waals surface area contributed by atoms with E-state index in [0.29, 0.717) is 21.3 Å². The Morgan fingerprint density at radius 1 is 1.39 bits per heavy atom. The lowest BCUT2D eigenvalue weighted by Crippen LogP contribution is -2.24. The summed E-state index contributed by atoms with van der Waals surface area (Å²) in [6, 6.07) is 6.20. The van der Waals surface area contributed by atoms with Crippen LogP contribution in [0, 0.1) is 11.7 Å². The van der Waals surface area contributed by atoms with E-state index in [1.54, 1.807) is 36.5 Å². The fourth-order valence-electron chi connectivity index (χ4n) is 3.54. The van der Waals surface area contributed by atoms with Gasteiger partial charge in [0.15, 0.2) is 5.16 Å². The molecule has 3 aromatic rings. The second kappa shape index (κ2) is 7.44. The predicted octanol–water partition coefficient (Wildman–Crippen LogP) is 4.78. The number of hydrogen-bond acceptors (Lipinski definition) is 5. The van der Waals surface area contributed by atoms with E-state index in [1.165, 1.54) is 34.2 Å². The van der Waals surface area contributed by atoms with E-state index in [0.717, 1.165) is 24.8 Å². The topological polar surface area (TPSA) is 52.0 Å². The van der Waals surface area contributed by atoms with Crippen molar-refractivity contribution in [2.24, 2.45) is 5.92 Å². The summed E-state index contributed by atoms with van der Waals surface area (Å²) in [7, 11) is 0. The van der Waals surface area contributed by atoms with E-state index in [2.05, 4.69) is 6.92 Å². The Balaban J connectivity index is 2.01. The highest BCUT2D eigenvalue weighted by atomic mass is 32.2. The number of aromatic nitrogens is 2. The highest BCUT2D eigenvalue weighted by Crippen LogP contribution is 2.37. The van der Waals surface area contributed by atoms with Crippen molar-refractivity contribution in [2.45, 2.75) is 50.4 Å². The lowest BCUT2D eigenvalue weighted by molar-refractivity contribution is -0.116. The molecule has 0 saturated carbocycles. The Bertz CT molecular complexity index is 1140. The first-order valence-corrected chi connectivity index (χ1v) is 11.1. The highest BCUT2D eigenvalue weighted by molar-refractivity contribution is 8.00. The highest BCUT2D eigenvalue weighted by Gasteiger charge is 2.26. The molecule has 0 spiro atoms. The van der Waals surface area contributed by atoms with Crippen LogP contribution in [0.3, 0.4) is 0 Å². The minimum atomic E-state index is -0.485. The SMILES string of the molecule is CC(=O)C(C)Sc1nc2sc3c(c2c(=O)n1-c1ccccc1F)CCC(C)C3. The molecule has 2 heterocycles. The van der Waals surface area contributed by atoms with Crippen LogP contribution in [-0.2, 0) is 17.6 Å². The van der Waals surface area contributed by atoms with Gasteiger partial charge >= 0.3 is 0 Å². The van der Waals surface area contributed by atoms with Crippen LogP contribution in [0.15, 0.2) is 34.2 Å². The first-order chi connectivity index (χ1) is 13.4. The molecular formula is C21H21FN2O2S2. The number of Topliss-reactive ketones (excluding diaryl/α,β-unsaturated/α-hetero) is 1. The minimum absolute atomic E-state index is 0.0151. The number of thiophene rings is 1. The monoisotopic (exact) mass is 416 g/mol. The van der Waals surface area contributed by atoms with E-state index >= 15 is 0 Å². The summed E-state index contributed by atoms with van der Waals surface area (Å²) in [5, 5.41) is 0.587. The maximum Gasteiger partial charge on any atom is 0.267 e. The number of hydrogen-bond donors (Lipinski definition) is 0. The molecule has 0 amide bonds. The molecule has 0 fully saturated rings. The van der Waals surface area contributed by atoms with Gasteiger partial charge in [-0.2, -0.15) is 0 Å². The van der Waals surface area contributed by atoms with Gasteiger partial charge in [0.25, 0.3) is 5.56 Å². The number of para-hydroxylation sites is 1. The van der Waals surface area contributed by atoms with Crippen LogP contribution in [0.2, 0.25) is 0 Å². The van der Waals surface area contributed by atoms with E-state index in [9.17, 15) is 14.0 Å². The van der Waals surface area contributed by atoms with Crippen LogP contribution >= 0.6 is 23.1 Å². The van der Waals surface area contributed by atoms with Crippen molar-refractivity contribution < 1.29 is 9.18 Å². The minimum Gasteiger partial charge on any atom is -0.299 e. The van der Waals surface area contributed by atoms with Crippen molar-refractivity contribution in [3.63, 3.8) is 0 Å². The number of carbonyl (C=O) groups is 1. The maximum atomic E-state index is 14.6. The summed E-state index contributed by atoms with van der Waals surface area (Å²) in [6.07, 6.45) is 2.83. The van der Waals surface area contributed by atoms with Gasteiger partial charge in [0.05, 0.1) is 16.3 Å². The fourth-order valence-corrected chi connectivity index (χ4v) is 5.88. The summed E-state index contributed by atoms with van der Waals surface area (Å²) in [5.74, 6) is 0.0838. The van der Waals surface area contributed by atoms with Crippen molar-refractivity contribution in [1.29, 1.82) is 0 Å². The molecule has 0 N–H and O–H groups in total. The molecule has 0 bridgehead atoms. The second-order valence-corrected chi connectivity index (χ2v) is 9.78. The molecule has 7 heteroatoms. The molecule has 1 aliphatic rings. The molecule has 4 nitrogen and oxygen atoms in total. The molecular weight excluding hydrogens is 395 g/mol. The maximum absolute atomic E-state index is 14.6. The second-order valence-electron chi connectivity index (χ2n) is 7.39. The number of halogens is 1. The van der Waals surface area contributed by atoms with Gasteiger partial charge in [-0.25, -0.2) is 9.37 Å². The van der Waals surface area contributed by atoms with Gasteiger partial charge in [-0.3, -0.25) is 14.2 Å². The average Bonchev–Trinajstić information content (AvgIpc) is 3.00. The molecule has 0 aliphatic heterocycles. The Kier molecular flexibility index (Phi) is 5.14. The number of aryl methyl sites for hydroxylation is 1. The van der Waals surface area contributed by atoms with Crippen LogP contribution in [0.1, 0.15) is 37.6 Å². The fraction of sp³-hybridized carbons (Fsp3) is 0.381. The Hall–Kier alpha value is -1.99. The summed E-state index contributed by atoms with van der Waals surface area (Å²) in [4.78, 5) is 32.0. The molecule has 146 valence electrons. The Morgan fingerprint density at radius 2 is 2.14 bits per heavy atom. The van der Waals surface area contributed by atoms with E-state index in [4.69, 9.17) is 4.98 Å². The number of carbonyl (C=O) groups excluding carboxylic acids is 1. The molecule has 4 rings (SSSR count). The van der Waals surface area contributed by atoms with Gasteiger partial charge in [-0.05, 0) is 56.7 Å². The van der Waals surface area contributed by atoms with Crippen molar-refractivity contribution in [3.8, 4) is 5.69 Å². The van der Waals surface area contributed by atoms with Crippen molar-refractivity contribution in [1.82, 2.24) is 9.55 Å². The lowest BCUT2D eigenvalue weighted by Gasteiger charge is -2.18. The largest absolute Gasteiger partial charge is 0.299 e. The third kappa shape index (κ3) is 3.31. The van der Waals surface area contributed by atoms with Gasteiger partial charge in [0.1, 0.15) is 16.4 Å². The zero-order valence-corrected chi connectivity index (χ0v) is 17.6. The van der Waals surface area contributed by atoms with E-state index < -0.39 is 5.82 Å². The first-order valence-electron chi connectivity index (χ1n) is 9.36. The smallest absolute Gasteiger partial charge is 0.267 e. The van der Waals surface area contributed by atoms with E-state index in [1.807, 2.05) is 0 Å². The quantitative estimate of drug-likeness (QED) is 0.454. The number of rotatable bonds is 4. The summed E-state index contributed by atoms with van der Waals surface area (Å²) in [6.45, 7) is 5.50. The number of thioether (sulfide) groups is 1. The summed E-state index contributed by atoms with van der Waals surface area (Å²) < 4.78 is 15.9. The zero-order valence-electron chi connectivity index (χ0n) is 16.0. The predicted molar refractivity (Wildman–Crippen MR) is 112 cm³/mol. The van der Waals surface area contributed by atoms with Crippen LogP contribution in [0.25, 0.3) is 15.9 Å². The van der Waals surface area contributed by atoms with Gasteiger partial charge in [-0.1, -0.05) is 30.8 Å². The molecule has 2 unspecified atom stereocenters. The third-order valence-corrected chi connectivity index (χ3v) is 7.56. The van der Waals surface area contributed by atoms with Gasteiger partial charge in [-0.15, -0.1) is 11.3 Å². The van der Waals surface area contributed by atoms with Crippen molar-refractivity contribution in [3.05, 3.63) is 50.9 Å². The normalized spacial score (nSPS) is 17.5. The molecule has 1 aromatic carbocycles. The third-order valence-electron chi connectivity index (χ3n) is 5.25. The Labute approximate surface area is 170 Å². The van der Waals surface area contributed by atoms with Crippen LogP contribution in [0.5, 0.6) is 0 Å². The van der Waals surface area contributed by atoms with Crippen LogP contribution in [-0.4, -0.2) is 20.6 Å². The summed E-state index contributed by atoms with van der Waals surface area (Å²) in [5.41, 5.74) is 0.988. The number of fused-ring (bicyclic) bond motifs is 3. The molecule has 2 atom stereocenters. The van der Waals surface area contributed by atoms with Crippen molar-refractivity contribution in [2.75, 3.05) is 0 Å². The van der Waals surface area contributed by atoms with Crippen LogP contribution < -0.4 is 5.56 Å². The van der Waals surface area contributed by atoms with Crippen LogP contribution in [0.4, 0.5) is 4.39 Å². The molecule has 28 heavy (non-hydrogen) atoms. The average molecular weight is 417 g/mol.